The maximum atomic E-state index is 12.3. The molecule has 0 aromatic rings. The smallest absolute Gasteiger partial charge is 0.327 e. The molecule has 4 amide bonds. The first-order valence-corrected chi connectivity index (χ1v) is 9.05. The van der Waals surface area contributed by atoms with Crippen LogP contribution < -0.4 is 27.0 Å². The quantitative estimate of drug-likeness (QED) is 0.191. The Balaban J connectivity index is 2.69. The van der Waals surface area contributed by atoms with Gasteiger partial charge in [0, 0.05) is 5.75 Å². The SMILES string of the molecule is CC(NC(=O)C1CCCN1)C(=O)NC(CC(N)=O)C(=O)NC(CS)C(=O)O. The Morgan fingerprint density at radius 2 is 1.78 bits per heavy atom. The van der Waals surface area contributed by atoms with E-state index in [1.165, 1.54) is 6.92 Å². The third-order valence-corrected chi connectivity index (χ3v) is 4.33. The monoisotopic (exact) mass is 403 g/mol. The maximum Gasteiger partial charge on any atom is 0.327 e. The van der Waals surface area contributed by atoms with Gasteiger partial charge in [-0.25, -0.2) is 4.79 Å². The van der Waals surface area contributed by atoms with Crippen molar-refractivity contribution in [2.75, 3.05) is 12.3 Å². The molecule has 1 rings (SSSR count). The third-order valence-electron chi connectivity index (χ3n) is 3.96. The van der Waals surface area contributed by atoms with Gasteiger partial charge in [-0.1, -0.05) is 0 Å². The third kappa shape index (κ3) is 7.43. The molecule has 0 bridgehead atoms. The first-order valence-electron chi connectivity index (χ1n) is 8.42. The highest BCUT2D eigenvalue weighted by Crippen LogP contribution is 2.05. The molecule has 12 heteroatoms. The summed E-state index contributed by atoms with van der Waals surface area (Å²) in [6, 6.07) is -4.01. The van der Waals surface area contributed by atoms with E-state index in [1.807, 2.05) is 0 Å². The second kappa shape index (κ2) is 10.7. The summed E-state index contributed by atoms with van der Waals surface area (Å²) < 4.78 is 0. The van der Waals surface area contributed by atoms with Gasteiger partial charge in [-0.15, -0.1) is 0 Å². The highest BCUT2D eigenvalue weighted by Gasteiger charge is 2.30. The Morgan fingerprint density at radius 3 is 2.26 bits per heavy atom. The summed E-state index contributed by atoms with van der Waals surface area (Å²) >= 11 is 3.82. The van der Waals surface area contributed by atoms with Gasteiger partial charge in [0.05, 0.1) is 12.5 Å². The Kier molecular flexibility index (Phi) is 9.02. The molecule has 7 N–H and O–H groups in total. The van der Waals surface area contributed by atoms with Crippen LogP contribution in [0.3, 0.4) is 0 Å². The van der Waals surface area contributed by atoms with Crippen LogP contribution in [0, 0.1) is 0 Å². The first-order chi connectivity index (χ1) is 12.6. The van der Waals surface area contributed by atoms with Crippen LogP contribution in [0.15, 0.2) is 0 Å². The van der Waals surface area contributed by atoms with E-state index >= 15 is 0 Å². The highest BCUT2D eigenvalue weighted by molar-refractivity contribution is 7.80. The molecular weight excluding hydrogens is 378 g/mol. The van der Waals surface area contributed by atoms with Gasteiger partial charge in [-0.05, 0) is 26.3 Å². The lowest BCUT2D eigenvalue weighted by Crippen LogP contribution is -2.57. The Labute approximate surface area is 161 Å². The number of carboxylic acids is 1. The molecule has 1 aliphatic rings. The fourth-order valence-electron chi connectivity index (χ4n) is 2.45. The van der Waals surface area contributed by atoms with Gasteiger partial charge in [-0.2, -0.15) is 12.6 Å². The number of thiol groups is 1. The molecule has 1 heterocycles. The molecule has 1 fully saturated rings. The van der Waals surface area contributed by atoms with E-state index in [0.717, 1.165) is 13.0 Å². The number of rotatable bonds is 10. The van der Waals surface area contributed by atoms with Crippen molar-refractivity contribution in [3.63, 3.8) is 0 Å². The number of aliphatic carboxylic acids is 1. The standard InChI is InChI=1S/C15H25N5O6S/c1-7(18-13(23)8-3-2-4-17-8)12(22)19-9(5-11(16)21)14(24)20-10(6-27)15(25)26/h7-10,17,27H,2-6H2,1H3,(H2,16,21)(H,18,23)(H,19,22)(H,20,24)(H,25,26). The number of carbonyl (C=O) groups is 5. The van der Waals surface area contributed by atoms with Crippen LogP contribution in [0.25, 0.3) is 0 Å². The topological polar surface area (TPSA) is 180 Å². The summed E-state index contributed by atoms with van der Waals surface area (Å²) in [5, 5.41) is 19.0. The average molecular weight is 403 g/mol. The molecule has 27 heavy (non-hydrogen) atoms. The predicted molar refractivity (Wildman–Crippen MR) is 97.8 cm³/mol. The van der Waals surface area contributed by atoms with Crippen LogP contribution in [0.4, 0.5) is 0 Å². The largest absolute Gasteiger partial charge is 0.480 e. The molecule has 4 unspecified atom stereocenters. The van der Waals surface area contributed by atoms with Crippen molar-refractivity contribution < 1.29 is 29.1 Å². The molecule has 152 valence electrons. The molecule has 0 saturated carbocycles. The van der Waals surface area contributed by atoms with Crippen LogP contribution in [0.1, 0.15) is 26.2 Å². The number of hydrogen-bond acceptors (Lipinski definition) is 7. The molecule has 4 atom stereocenters. The Hall–Kier alpha value is -2.34. The fraction of sp³-hybridized carbons (Fsp3) is 0.667. The number of nitrogens with two attached hydrogens (primary N) is 1. The van der Waals surface area contributed by atoms with Crippen molar-refractivity contribution >= 4 is 42.2 Å². The summed E-state index contributed by atoms with van der Waals surface area (Å²) in [6.45, 7) is 2.14. The lowest BCUT2D eigenvalue weighted by Gasteiger charge is -2.22. The van der Waals surface area contributed by atoms with Crippen LogP contribution in [0.5, 0.6) is 0 Å². The van der Waals surface area contributed by atoms with Crippen molar-refractivity contribution in [3.05, 3.63) is 0 Å². The second-order valence-electron chi connectivity index (χ2n) is 6.19. The van der Waals surface area contributed by atoms with Gasteiger partial charge in [0.25, 0.3) is 0 Å². The molecule has 0 spiro atoms. The number of hydrogen-bond donors (Lipinski definition) is 7. The van der Waals surface area contributed by atoms with Crippen molar-refractivity contribution in [3.8, 4) is 0 Å². The van der Waals surface area contributed by atoms with Crippen LogP contribution >= 0.6 is 12.6 Å². The Bertz CT molecular complexity index is 595. The van der Waals surface area contributed by atoms with E-state index in [4.69, 9.17) is 10.8 Å². The number of carboxylic acid groups (broad SMARTS) is 1. The first kappa shape index (κ1) is 22.7. The second-order valence-corrected chi connectivity index (χ2v) is 6.56. The average Bonchev–Trinajstić information content (AvgIpc) is 3.12. The summed E-state index contributed by atoms with van der Waals surface area (Å²) in [5.74, 6) is -4.29. The van der Waals surface area contributed by atoms with Crippen molar-refractivity contribution in [2.45, 2.75) is 50.4 Å². The van der Waals surface area contributed by atoms with Crippen LogP contribution in [-0.2, 0) is 24.0 Å². The summed E-state index contributed by atoms with van der Waals surface area (Å²) in [7, 11) is 0. The summed E-state index contributed by atoms with van der Waals surface area (Å²) in [4.78, 5) is 58.7. The number of amides is 4. The van der Waals surface area contributed by atoms with Gasteiger partial charge in [0.2, 0.25) is 23.6 Å². The van der Waals surface area contributed by atoms with Crippen molar-refractivity contribution in [1.82, 2.24) is 21.3 Å². The highest BCUT2D eigenvalue weighted by atomic mass is 32.1. The lowest BCUT2D eigenvalue weighted by molar-refractivity contribution is -0.141. The van der Waals surface area contributed by atoms with Crippen molar-refractivity contribution in [1.29, 1.82) is 0 Å². The van der Waals surface area contributed by atoms with E-state index in [0.29, 0.717) is 6.42 Å². The number of nitrogens with one attached hydrogen (secondary N) is 4. The minimum absolute atomic E-state index is 0.181. The van der Waals surface area contributed by atoms with Gasteiger partial charge >= 0.3 is 5.97 Å². The Morgan fingerprint density at radius 1 is 1.15 bits per heavy atom. The zero-order chi connectivity index (χ0) is 20.6. The zero-order valence-corrected chi connectivity index (χ0v) is 15.8. The van der Waals surface area contributed by atoms with Gasteiger partial charge < -0.3 is 32.1 Å². The molecule has 1 aliphatic heterocycles. The molecule has 1 saturated heterocycles. The molecule has 0 aromatic carbocycles. The molecule has 0 radical (unpaired) electrons. The molecular formula is C15H25N5O6S. The molecule has 0 aromatic heterocycles. The summed E-state index contributed by atoms with van der Waals surface area (Å²) in [6.07, 6.45) is 0.990. The van der Waals surface area contributed by atoms with E-state index in [9.17, 15) is 24.0 Å². The van der Waals surface area contributed by atoms with E-state index in [1.54, 1.807) is 0 Å². The molecule has 0 aliphatic carbocycles. The molecule has 11 nitrogen and oxygen atoms in total. The number of primary amides is 1. The van der Waals surface area contributed by atoms with E-state index in [2.05, 4.69) is 33.9 Å². The van der Waals surface area contributed by atoms with Crippen LogP contribution in [-0.4, -0.2) is 71.2 Å². The summed E-state index contributed by atoms with van der Waals surface area (Å²) in [5.41, 5.74) is 5.09. The van der Waals surface area contributed by atoms with Gasteiger partial charge in [-0.3, -0.25) is 19.2 Å². The van der Waals surface area contributed by atoms with E-state index < -0.39 is 48.2 Å². The van der Waals surface area contributed by atoms with Gasteiger partial charge in [0.1, 0.15) is 18.1 Å². The van der Waals surface area contributed by atoms with Crippen LogP contribution in [0.2, 0.25) is 0 Å². The fourth-order valence-corrected chi connectivity index (χ4v) is 2.70. The minimum Gasteiger partial charge on any atom is -0.480 e. The van der Waals surface area contributed by atoms with E-state index in [-0.39, 0.29) is 17.7 Å². The minimum atomic E-state index is -1.37. The number of carbonyl (C=O) groups excluding carboxylic acids is 4. The zero-order valence-electron chi connectivity index (χ0n) is 14.9. The predicted octanol–water partition coefficient (Wildman–Crippen LogP) is -2.90. The van der Waals surface area contributed by atoms with Crippen molar-refractivity contribution in [2.24, 2.45) is 5.73 Å². The van der Waals surface area contributed by atoms with Gasteiger partial charge in [0.15, 0.2) is 0 Å². The normalized spacial score (nSPS) is 19.4. The maximum absolute atomic E-state index is 12.3. The lowest BCUT2D eigenvalue weighted by atomic mass is 10.1.